The van der Waals surface area contributed by atoms with E-state index in [1.54, 1.807) is 0 Å². The molecule has 0 aromatic heterocycles. The molecule has 0 radical (unpaired) electrons. The van der Waals surface area contributed by atoms with Crippen LogP contribution in [0.3, 0.4) is 0 Å². The number of aliphatic carboxylic acids is 1. The van der Waals surface area contributed by atoms with Crippen LogP contribution in [0.25, 0.3) is 0 Å². The highest BCUT2D eigenvalue weighted by atomic mass is 16.4. The van der Waals surface area contributed by atoms with E-state index in [4.69, 9.17) is 5.11 Å². The van der Waals surface area contributed by atoms with Gasteiger partial charge < -0.3 is 15.7 Å². The Morgan fingerprint density at radius 1 is 1.32 bits per heavy atom. The lowest BCUT2D eigenvalue weighted by Crippen LogP contribution is -2.22. The van der Waals surface area contributed by atoms with Crippen LogP contribution in [-0.4, -0.2) is 23.5 Å². The van der Waals surface area contributed by atoms with Gasteiger partial charge in [0.2, 0.25) is 5.91 Å². The molecule has 2 atom stereocenters. The molecule has 19 heavy (non-hydrogen) atoms. The summed E-state index contributed by atoms with van der Waals surface area (Å²) in [6.07, 6.45) is 1.84. The largest absolute Gasteiger partial charge is 0.481 e. The van der Waals surface area contributed by atoms with Crippen LogP contribution in [0.15, 0.2) is 18.2 Å². The van der Waals surface area contributed by atoms with E-state index in [2.05, 4.69) is 10.6 Å². The number of hydrogen-bond acceptors (Lipinski definition) is 3. The van der Waals surface area contributed by atoms with Crippen LogP contribution in [0.5, 0.6) is 0 Å². The van der Waals surface area contributed by atoms with Gasteiger partial charge in [-0.25, -0.2) is 0 Å². The minimum atomic E-state index is -0.742. The Balaban J connectivity index is 1.88. The molecule has 2 heterocycles. The van der Waals surface area contributed by atoms with Crippen LogP contribution in [0.2, 0.25) is 0 Å². The summed E-state index contributed by atoms with van der Waals surface area (Å²) < 4.78 is 0. The topological polar surface area (TPSA) is 78.4 Å². The average Bonchev–Trinajstić information content (AvgIpc) is 2.87. The number of carbonyl (C=O) groups excluding carboxylic acids is 1. The zero-order valence-corrected chi connectivity index (χ0v) is 10.5. The lowest BCUT2D eigenvalue weighted by atomic mass is 9.91. The van der Waals surface area contributed by atoms with Gasteiger partial charge in [0.25, 0.3) is 0 Å². The third kappa shape index (κ3) is 2.21. The number of carboxylic acid groups (broad SMARTS) is 1. The first kappa shape index (κ1) is 12.2. The summed E-state index contributed by atoms with van der Waals surface area (Å²) in [6, 6.07) is 5.92. The Morgan fingerprint density at radius 3 is 2.89 bits per heavy atom. The molecule has 1 aromatic carbocycles. The fourth-order valence-corrected chi connectivity index (χ4v) is 2.94. The van der Waals surface area contributed by atoms with Gasteiger partial charge in [-0.3, -0.25) is 9.59 Å². The number of amides is 1. The van der Waals surface area contributed by atoms with Crippen LogP contribution >= 0.6 is 0 Å². The van der Waals surface area contributed by atoms with E-state index in [9.17, 15) is 9.59 Å². The Hall–Kier alpha value is -1.88. The molecule has 1 saturated heterocycles. The maximum Gasteiger partial charge on any atom is 0.307 e. The van der Waals surface area contributed by atoms with Crippen molar-refractivity contribution in [1.29, 1.82) is 0 Å². The second-order valence-corrected chi connectivity index (χ2v) is 5.15. The van der Waals surface area contributed by atoms with Crippen molar-refractivity contribution < 1.29 is 14.7 Å². The van der Waals surface area contributed by atoms with E-state index < -0.39 is 5.97 Å². The molecule has 0 bridgehead atoms. The fourth-order valence-electron chi connectivity index (χ4n) is 2.94. The van der Waals surface area contributed by atoms with E-state index in [-0.39, 0.29) is 17.9 Å². The molecule has 1 aromatic rings. The highest BCUT2D eigenvalue weighted by Crippen LogP contribution is 2.34. The van der Waals surface area contributed by atoms with E-state index in [0.29, 0.717) is 19.4 Å². The predicted octanol–water partition coefficient (Wildman–Crippen LogP) is 1.31. The second-order valence-electron chi connectivity index (χ2n) is 5.15. The number of anilines is 1. The SMILES string of the molecule is O=C1CCc2c(cccc2C2CC(C(=O)O)CN2)N1. The quantitative estimate of drug-likeness (QED) is 0.749. The van der Waals surface area contributed by atoms with Crippen molar-refractivity contribution in [3.63, 3.8) is 0 Å². The average molecular weight is 260 g/mol. The smallest absolute Gasteiger partial charge is 0.307 e. The molecule has 5 nitrogen and oxygen atoms in total. The van der Waals surface area contributed by atoms with Gasteiger partial charge in [-0.15, -0.1) is 0 Å². The van der Waals surface area contributed by atoms with Gasteiger partial charge >= 0.3 is 5.97 Å². The van der Waals surface area contributed by atoms with Gasteiger partial charge in [-0.1, -0.05) is 12.1 Å². The van der Waals surface area contributed by atoms with Gasteiger partial charge in [0, 0.05) is 24.7 Å². The number of benzene rings is 1. The zero-order valence-electron chi connectivity index (χ0n) is 10.5. The van der Waals surface area contributed by atoms with Crippen molar-refractivity contribution in [2.75, 3.05) is 11.9 Å². The minimum Gasteiger partial charge on any atom is -0.481 e. The summed E-state index contributed by atoms with van der Waals surface area (Å²) in [7, 11) is 0. The maximum absolute atomic E-state index is 11.4. The molecule has 3 N–H and O–H groups in total. The molecule has 0 aliphatic carbocycles. The van der Waals surface area contributed by atoms with E-state index in [0.717, 1.165) is 23.2 Å². The first-order valence-electron chi connectivity index (χ1n) is 6.53. The standard InChI is InChI=1S/C14H16N2O3/c17-13-5-4-10-9(2-1-3-11(10)16-13)12-6-8(7-15-12)14(18)19/h1-3,8,12,15H,4-7H2,(H,16,17)(H,18,19). The molecule has 2 unspecified atom stereocenters. The van der Waals surface area contributed by atoms with Crippen LogP contribution in [0.1, 0.15) is 30.0 Å². The van der Waals surface area contributed by atoms with Gasteiger partial charge in [0.1, 0.15) is 0 Å². The second kappa shape index (κ2) is 4.66. The van der Waals surface area contributed by atoms with Crippen molar-refractivity contribution in [2.45, 2.75) is 25.3 Å². The molecule has 0 saturated carbocycles. The fraction of sp³-hybridized carbons (Fsp3) is 0.429. The molecular weight excluding hydrogens is 244 g/mol. The lowest BCUT2D eigenvalue weighted by Gasteiger charge is -2.23. The first-order chi connectivity index (χ1) is 9.15. The van der Waals surface area contributed by atoms with Crippen molar-refractivity contribution in [2.24, 2.45) is 5.92 Å². The number of rotatable bonds is 2. The Labute approximate surface area is 111 Å². The molecule has 5 heteroatoms. The van der Waals surface area contributed by atoms with Crippen LogP contribution in [0, 0.1) is 5.92 Å². The highest BCUT2D eigenvalue weighted by Gasteiger charge is 2.32. The van der Waals surface area contributed by atoms with Crippen molar-refractivity contribution in [3.8, 4) is 0 Å². The van der Waals surface area contributed by atoms with Gasteiger partial charge in [0.05, 0.1) is 5.92 Å². The molecule has 3 rings (SSSR count). The van der Waals surface area contributed by atoms with Crippen molar-refractivity contribution in [3.05, 3.63) is 29.3 Å². The van der Waals surface area contributed by atoms with Gasteiger partial charge in [0.15, 0.2) is 0 Å². The number of nitrogens with one attached hydrogen (secondary N) is 2. The van der Waals surface area contributed by atoms with Crippen molar-refractivity contribution >= 4 is 17.6 Å². The molecule has 1 amide bonds. The number of carbonyl (C=O) groups is 2. The summed E-state index contributed by atoms with van der Waals surface area (Å²) in [5.74, 6) is -1.01. The summed E-state index contributed by atoms with van der Waals surface area (Å²) >= 11 is 0. The Kier molecular flexibility index (Phi) is 2.98. The van der Waals surface area contributed by atoms with Gasteiger partial charge in [-0.05, 0) is 30.0 Å². The Morgan fingerprint density at radius 2 is 2.16 bits per heavy atom. The van der Waals surface area contributed by atoms with Gasteiger partial charge in [-0.2, -0.15) is 0 Å². The van der Waals surface area contributed by atoms with Crippen LogP contribution < -0.4 is 10.6 Å². The Bertz CT molecular complexity index is 541. The molecule has 100 valence electrons. The molecule has 2 aliphatic heterocycles. The third-order valence-corrected chi connectivity index (χ3v) is 3.94. The van der Waals surface area contributed by atoms with E-state index >= 15 is 0 Å². The van der Waals surface area contributed by atoms with Crippen LogP contribution in [0.4, 0.5) is 5.69 Å². The van der Waals surface area contributed by atoms with E-state index in [1.165, 1.54) is 0 Å². The highest BCUT2D eigenvalue weighted by molar-refractivity contribution is 5.94. The third-order valence-electron chi connectivity index (χ3n) is 3.94. The first-order valence-corrected chi connectivity index (χ1v) is 6.53. The molecule has 2 aliphatic rings. The molecule has 1 fully saturated rings. The molecular formula is C14H16N2O3. The maximum atomic E-state index is 11.4. The summed E-state index contributed by atoms with van der Waals surface area (Å²) in [4.78, 5) is 22.4. The number of fused-ring (bicyclic) bond motifs is 1. The number of carboxylic acids is 1. The van der Waals surface area contributed by atoms with Crippen LogP contribution in [-0.2, 0) is 16.0 Å². The number of hydrogen-bond donors (Lipinski definition) is 3. The van der Waals surface area contributed by atoms with E-state index in [1.807, 2.05) is 18.2 Å². The summed E-state index contributed by atoms with van der Waals surface area (Å²) in [5, 5.41) is 15.2. The minimum absolute atomic E-state index is 0.0486. The lowest BCUT2D eigenvalue weighted by molar-refractivity contribution is -0.141. The zero-order chi connectivity index (χ0) is 13.4. The normalized spacial score (nSPS) is 25.8. The molecule has 0 spiro atoms. The monoisotopic (exact) mass is 260 g/mol. The van der Waals surface area contributed by atoms with Crippen molar-refractivity contribution in [1.82, 2.24) is 5.32 Å². The summed E-state index contributed by atoms with van der Waals surface area (Å²) in [5.41, 5.74) is 3.14. The predicted molar refractivity (Wildman–Crippen MR) is 69.9 cm³/mol. The summed E-state index contributed by atoms with van der Waals surface area (Å²) in [6.45, 7) is 0.510.